The minimum absolute atomic E-state index is 0.0492. The van der Waals surface area contributed by atoms with Crippen LogP contribution in [0.3, 0.4) is 0 Å². The highest BCUT2D eigenvalue weighted by Crippen LogP contribution is 2.26. The zero-order chi connectivity index (χ0) is 24.2. The maximum Gasteiger partial charge on any atom is 0.275 e. The van der Waals surface area contributed by atoms with Crippen molar-refractivity contribution >= 4 is 22.4 Å². The summed E-state index contributed by atoms with van der Waals surface area (Å²) in [4.78, 5) is 25.1. The minimum Gasteiger partial charge on any atom is -0.387 e. The number of aliphatic hydroxyl groups is 1. The molecule has 1 amide bonds. The summed E-state index contributed by atoms with van der Waals surface area (Å²) < 4.78 is 1.18. The van der Waals surface area contributed by atoms with Crippen molar-refractivity contribution in [1.82, 2.24) is 15.1 Å². The zero-order valence-corrected chi connectivity index (χ0v) is 19.3. The van der Waals surface area contributed by atoms with Crippen LogP contribution >= 0.6 is 0 Å². The molecule has 4 aromatic rings. The van der Waals surface area contributed by atoms with Crippen LogP contribution in [-0.2, 0) is 17.8 Å². The highest BCUT2D eigenvalue weighted by Gasteiger charge is 2.29. The largest absolute Gasteiger partial charge is 0.387 e. The maximum atomic E-state index is 12.6. The average Bonchev–Trinajstić information content (AvgIpc) is 3.35. The van der Waals surface area contributed by atoms with Gasteiger partial charge in [-0.15, -0.1) is 0 Å². The molecule has 1 aliphatic rings. The number of nitrogens with zero attached hydrogens (tertiary/aromatic N) is 2. The molecule has 178 valence electrons. The lowest BCUT2D eigenvalue weighted by Crippen LogP contribution is -2.35. The topological polar surface area (TPSA) is 96.2 Å². The summed E-state index contributed by atoms with van der Waals surface area (Å²) in [6.07, 6.45) is 3.86. The molecule has 1 fully saturated rings. The van der Waals surface area contributed by atoms with E-state index >= 15 is 0 Å². The van der Waals surface area contributed by atoms with Crippen LogP contribution in [0, 0.1) is 0 Å². The van der Waals surface area contributed by atoms with Crippen LogP contribution in [0.5, 0.6) is 0 Å². The summed E-state index contributed by atoms with van der Waals surface area (Å²) in [5, 5.41) is 22.5. The molecule has 0 unspecified atom stereocenters. The van der Waals surface area contributed by atoms with Gasteiger partial charge in [0.15, 0.2) is 0 Å². The van der Waals surface area contributed by atoms with Crippen molar-refractivity contribution in [2.24, 2.45) is 0 Å². The van der Waals surface area contributed by atoms with Crippen LogP contribution in [0.4, 0.5) is 5.69 Å². The van der Waals surface area contributed by atoms with Crippen LogP contribution in [0.15, 0.2) is 89.9 Å². The van der Waals surface area contributed by atoms with Gasteiger partial charge in [-0.25, -0.2) is 4.68 Å². The lowest BCUT2D eigenvalue weighted by Gasteiger charge is -2.20. The molecule has 0 aliphatic carbocycles. The summed E-state index contributed by atoms with van der Waals surface area (Å²) >= 11 is 0. The summed E-state index contributed by atoms with van der Waals surface area (Å²) in [6.45, 7) is -0.150. The predicted molar refractivity (Wildman–Crippen MR) is 136 cm³/mol. The second-order valence-electron chi connectivity index (χ2n) is 9.05. The SMILES string of the molecule is O=C(Cn1ncc2ccccc2c1=O)Nc1ccc(C[C@@H]2CC[C@H]([C@H](O)c3ccccc3)N2)cc1. The number of carbonyl (C=O) groups is 1. The van der Waals surface area contributed by atoms with E-state index in [2.05, 4.69) is 15.7 Å². The van der Waals surface area contributed by atoms with E-state index in [0.717, 1.165) is 35.8 Å². The van der Waals surface area contributed by atoms with Crippen LogP contribution in [0.2, 0.25) is 0 Å². The lowest BCUT2D eigenvalue weighted by atomic mass is 10.0. The van der Waals surface area contributed by atoms with E-state index in [1.807, 2.05) is 66.7 Å². The Balaban J connectivity index is 1.15. The molecular formula is C28H28N4O3. The van der Waals surface area contributed by atoms with Crippen molar-refractivity contribution < 1.29 is 9.90 Å². The molecule has 0 bridgehead atoms. The van der Waals surface area contributed by atoms with Crippen LogP contribution < -0.4 is 16.2 Å². The van der Waals surface area contributed by atoms with Gasteiger partial charge >= 0.3 is 0 Å². The molecule has 3 atom stereocenters. The molecule has 0 saturated carbocycles. The van der Waals surface area contributed by atoms with Crippen molar-refractivity contribution in [2.75, 3.05) is 5.32 Å². The molecule has 7 nitrogen and oxygen atoms in total. The average molecular weight is 469 g/mol. The van der Waals surface area contributed by atoms with Crippen molar-refractivity contribution in [2.45, 2.75) is 44.0 Å². The number of hydrogen-bond acceptors (Lipinski definition) is 5. The third-order valence-corrected chi connectivity index (χ3v) is 6.57. The molecule has 3 aromatic carbocycles. The summed E-state index contributed by atoms with van der Waals surface area (Å²) in [5.74, 6) is -0.308. The molecular weight excluding hydrogens is 440 g/mol. The molecule has 3 N–H and O–H groups in total. The summed E-state index contributed by atoms with van der Waals surface area (Å²) in [7, 11) is 0. The van der Waals surface area contributed by atoms with E-state index in [0.29, 0.717) is 17.1 Å². The number of anilines is 1. The van der Waals surface area contributed by atoms with Crippen molar-refractivity contribution in [3.05, 3.63) is 107 Å². The Hall–Kier alpha value is -3.81. The molecule has 1 aliphatic heterocycles. The van der Waals surface area contributed by atoms with Crippen LogP contribution in [0.25, 0.3) is 10.8 Å². The van der Waals surface area contributed by atoms with E-state index in [-0.39, 0.29) is 24.1 Å². The van der Waals surface area contributed by atoms with Gasteiger partial charge in [-0.05, 0) is 48.6 Å². The van der Waals surface area contributed by atoms with Crippen LogP contribution in [0.1, 0.15) is 30.1 Å². The maximum absolute atomic E-state index is 12.6. The molecule has 7 heteroatoms. The number of aromatic nitrogens is 2. The third-order valence-electron chi connectivity index (χ3n) is 6.57. The molecule has 1 saturated heterocycles. The van der Waals surface area contributed by atoms with Gasteiger partial charge < -0.3 is 15.7 Å². The van der Waals surface area contributed by atoms with Gasteiger partial charge in [0.25, 0.3) is 5.56 Å². The Morgan fingerprint density at radius 3 is 2.57 bits per heavy atom. The van der Waals surface area contributed by atoms with Crippen molar-refractivity contribution in [3.8, 4) is 0 Å². The summed E-state index contributed by atoms with van der Waals surface area (Å²) in [6, 6.07) is 25.0. The second-order valence-corrected chi connectivity index (χ2v) is 9.05. The fourth-order valence-corrected chi connectivity index (χ4v) is 4.73. The smallest absolute Gasteiger partial charge is 0.275 e. The molecule has 5 rings (SSSR count). The Labute approximate surface area is 203 Å². The van der Waals surface area contributed by atoms with Crippen molar-refractivity contribution in [3.63, 3.8) is 0 Å². The number of hydrogen-bond donors (Lipinski definition) is 3. The second kappa shape index (κ2) is 10.2. The fraction of sp³-hybridized carbons (Fsp3) is 0.250. The van der Waals surface area contributed by atoms with E-state index in [1.165, 1.54) is 4.68 Å². The Bertz CT molecular complexity index is 1370. The van der Waals surface area contributed by atoms with Gasteiger partial charge in [-0.2, -0.15) is 5.10 Å². The van der Waals surface area contributed by atoms with Gasteiger partial charge in [0.2, 0.25) is 5.91 Å². The van der Waals surface area contributed by atoms with E-state index in [1.54, 1.807) is 18.3 Å². The highest BCUT2D eigenvalue weighted by molar-refractivity contribution is 5.90. The minimum atomic E-state index is -0.511. The molecule has 2 heterocycles. The molecule has 0 spiro atoms. The number of benzene rings is 3. The monoisotopic (exact) mass is 468 g/mol. The Morgan fingerprint density at radius 1 is 1.03 bits per heavy atom. The first-order valence-corrected chi connectivity index (χ1v) is 11.9. The van der Waals surface area contributed by atoms with E-state index in [9.17, 15) is 14.7 Å². The Kier molecular flexibility index (Phi) is 6.70. The van der Waals surface area contributed by atoms with Crippen molar-refractivity contribution in [1.29, 1.82) is 0 Å². The van der Waals surface area contributed by atoms with E-state index in [4.69, 9.17) is 0 Å². The first-order chi connectivity index (χ1) is 17.1. The van der Waals surface area contributed by atoms with Gasteiger partial charge in [0.05, 0.1) is 17.7 Å². The number of nitrogens with one attached hydrogen (secondary N) is 2. The lowest BCUT2D eigenvalue weighted by molar-refractivity contribution is -0.117. The normalized spacial score (nSPS) is 18.4. The van der Waals surface area contributed by atoms with Gasteiger partial charge in [0, 0.05) is 23.2 Å². The molecule has 0 radical (unpaired) electrons. The standard InChI is InChI=1S/C28H28N4O3/c33-26(18-32-28(35)24-9-5-4-8-21(24)17-29-32)31-22-12-10-19(11-13-22)16-23-14-15-25(30-23)27(34)20-6-2-1-3-7-20/h1-13,17,23,25,27,30,34H,14-16,18H2,(H,31,33)/t23-,25+,27+/m0/s1. The number of carbonyl (C=O) groups excluding carboxylic acids is 1. The number of aliphatic hydroxyl groups excluding tert-OH is 1. The van der Waals surface area contributed by atoms with Gasteiger partial charge in [0.1, 0.15) is 6.54 Å². The quantitative estimate of drug-likeness (QED) is 0.386. The van der Waals surface area contributed by atoms with E-state index < -0.39 is 6.10 Å². The highest BCUT2D eigenvalue weighted by atomic mass is 16.3. The van der Waals surface area contributed by atoms with Gasteiger partial charge in [-0.3, -0.25) is 9.59 Å². The third kappa shape index (κ3) is 5.31. The van der Waals surface area contributed by atoms with Crippen LogP contribution in [-0.4, -0.2) is 32.9 Å². The van der Waals surface area contributed by atoms with Gasteiger partial charge in [-0.1, -0.05) is 60.7 Å². The Morgan fingerprint density at radius 2 is 1.77 bits per heavy atom. The fourth-order valence-electron chi connectivity index (χ4n) is 4.73. The first kappa shape index (κ1) is 23.0. The molecule has 1 aromatic heterocycles. The number of fused-ring (bicyclic) bond motifs is 1. The summed E-state index contributed by atoms with van der Waals surface area (Å²) in [5.41, 5.74) is 2.48. The molecule has 35 heavy (non-hydrogen) atoms. The first-order valence-electron chi connectivity index (χ1n) is 11.9. The predicted octanol–water partition coefficient (Wildman–Crippen LogP) is 3.43. The number of rotatable bonds is 7. The zero-order valence-electron chi connectivity index (χ0n) is 19.3. The number of amides is 1.